The van der Waals surface area contributed by atoms with Gasteiger partial charge in [0.1, 0.15) is 5.82 Å². The van der Waals surface area contributed by atoms with Crippen molar-refractivity contribution in [2.45, 2.75) is 58.3 Å². The molecule has 0 aromatic heterocycles. The second-order valence-corrected chi connectivity index (χ2v) is 8.08. The molecular weight excluding hydrogens is 405 g/mol. The highest BCUT2D eigenvalue weighted by Crippen LogP contribution is 2.11. The largest absolute Gasteiger partial charge is 0.326 e. The van der Waals surface area contributed by atoms with Crippen LogP contribution in [0.5, 0.6) is 0 Å². The van der Waals surface area contributed by atoms with Crippen molar-refractivity contribution in [3.8, 4) is 0 Å². The Balaban J connectivity index is 1.78. The van der Waals surface area contributed by atoms with Crippen molar-refractivity contribution in [3.63, 3.8) is 0 Å². The fourth-order valence-electron chi connectivity index (χ4n) is 3.47. The Morgan fingerprint density at radius 2 is 1.25 bits per heavy atom. The molecule has 0 atom stereocenters. The third kappa shape index (κ3) is 11.0. The van der Waals surface area contributed by atoms with Gasteiger partial charge in [-0.3, -0.25) is 9.59 Å². The average Bonchev–Trinajstić information content (AvgIpc) is 2.79. The Hall–Kier alpha value is -2.73. The number of halogens is 1. The van der Waals surface area contributed by atoms with E-state index in [9.17, 15) is 14.0 Å². The van der Waals surface area contributed by atoms with Crippen LogP contribution in [0.4, 0.5) is 15.8 Å². The van der Waals surface area contributed by atoms with Gasteiger partial charge in [0, 0.05) is 37.3 Å². The van der Waals surface area contributed by atoms with Crippen LogP contribution in [0.1, 0.15) is 58.3 Å². The Kier molecular flexibility index (Phi) is 12.1. The van der Waals surface area contributed by atoms with Gasteiger partial charge in [0.15, 0.2) is 0 Å². The number of amides is 2. The lowest BCUT2D eigenvalue weighted by molar-refractivity contribution is -0.116. The molecule has 0 spiro atoms. The molecule has 0 unspecified atom stereocenters. The predicted octanol–water partition coefficient (Wildman–Crippen LogP) is 5.85. The van der Waals surface area contributed by atoms with Gasteiger partial charge in [-0.25, -0.2) is 4.39 Å². The van der Waals surface area contributed by atoms with Crippen molar-refractivity contribution in [1.82, 2.24) is 4.90 Å². The van der Waals surface area contributed by atoms with Crippen LogP contribution in [0.25, 0.3) is 0 Å². The van der Waals surface area contributed by atoms with Crippen molar-refractivity contribution in [2.75, 3.05) is 30.3 Å². The summed E-state index contributed by atoms with van der Waals surface area (Å²) in [6.45, 7) is 4.27. The summed E-state index contributed by atoms with van der Waals surface area (Å²) in [4.78, 5) is 26.8. The molecule has 6 heteroatoms. The van der Waals surface area contributed by atoms with Gasteiger partial charge in [0.05, 0.1) is 0 Å². The third-order valence-corrected chi connectivity index (χ3v) is 5.32. The number of hydrogen-bond donors (Lipinski definition) is 2. The zero-order valence-corrected chi connectivity index (χ0v) is 19.1. The fraction of sp³-hybridized carbons (Fsp3) is 0.462. The average molecular weight is 442 g/mol. The monoisotopic (exact) mass is 441 g/mol. The number of hydrogen-bond acceptors (Lipinski definition) is 3. The lowest BCUT2D eigenvalue weighted by Crippen LogP contribution is -2.32. The number of carbonyl (C=O) groups is 2. The number of nitrogens with zero attached hydrogens (tertiary/aromatic N) is 1. The molecule has 5 nitrogen and oxygen atoms in total. The molecule has 2 N–H and O–H groups in total. The molecule has 0 fully saturated rings. The number of carbonyl (C=O) groups excluding carboxylic acids is 2. The van der Waals surface area contributed by atoms with E-state index < -0.39 is 0 Å². The first-order valence-corrected chi connectivity index (χ1v) is 11.7. The van der Waals surface area contributed by atoms with Crippen LogP contribution >= 0.6 is 0 Å². The van der Waals surface area contributed by atoms with Crippen LogP contribution in [0.15, 0.2) is 54.6 Å². The second-order valence-electron chi connectivity index (χ2n) is 8.08. The lowest BCUT2D eigenvalue weighted by Gasteiger charge is -2.22. The number of nitrogens with one attached hydrogen (secondary N) is 2. The van der Waals surface area contributed by atoms with Crippen molar-refractivity contribution < 1.29 is 14.0 Å². The number of anilines is 2. The van der Waals surface area contributed by atoms with E-state index in [2.05, 4.69) is 22.5 Å². The summed E-state index contributed by atoms with van der Waals surface area (Å²) in [7, 11) is 0. The summed E-state index contributed by atoms with van der Waals surface area (Å²) < 4.78 is 13.0. The normalized spacial score (nSPS) is 10.8. The molecule has 2 aromatic rings. The third-order valence-electron chi connectivity index (χ3n) is 5.32. The van der Waals surface area contributed by atoms with Gasteiger partial charge in [-0.05, 0) is 49.4 Å². The zero-order chi connectivity index (χ0) is 23.0. The van der Waals surface area contributed by atoms with Crippen LogP contribution in [-0.2, 0) is 9.59 Å². The molecule has 0 aliphatic carbocycles. The highest BCUT2D eigenvalue weighted by atomic mass is 19.1. The van der Waals surface area contributed by atoms with Crippen molar-refractivity contribution in [2.24, 2.45) is 0 Å². The first-order chi connectivity index (χ1) is 15.6. The van der Waals surface area contributed by atoms with E-state index in [0.717, 1.165) is 25.1 Å². The van der Waals surface area contributed by atoms with Crippen molar-refractivity contribution in [1.29, 1.82) is 0 Å². The molecule has 0 aliphatic heterocycles. The van der Waals surface area contributed by atoms with Gasteiger partial charge in [0.2, 0.25) is 11.8 Å². The van der Waals surface area contributed by atoms with Gasteiger partial charge in [-0.1, -0.05) is 57.2 Å². The smallest absolute Gasteiger partial charge is 0.225 e. The molecule has 0 radical (unpaired) electrons. The second kappa shape index (κ2) is 15.1. The SMILES string of the molecule is CCCCCCCCN(CCC(=O)Nc1ccccc1)CCC(=O)Nc1ccc(F)cc1. The summed E-state index contributed by atoms with van der Waals surface area (Å²) in [5, 5.41) is 5.72. The summed E-state index contributed by atoms with van der Waals surface area (Å²) in [5.41, 5.74) is 1.37. The van der Waals surface area contributed by atoms with E-state index >= 15 is 0 Å². The zero-order valence-electron chi connectivity index (χ0n) is 19.1. The Morgan fingerprint density at radius 1 is 0.719 bits per heavy atom. The first-order valence-electron chi connectivity index (χ1n) is 11.7. The van der Waals surface area contributed by atoms with Gasteiger partial charge < -0.3 is 15.5 Å². The van der Waals surface area contributed by atoms with Crippen LogP contribution in [0.2, 0.25) is 0 Å². The minimum atomic E-state index is -0.332. The van der Waals surface area contributed by atoms with E-state index in [1.54, 1.807) is 12.1 Å². The summed E-state index contributed by atoms with van der Waals surface area (Å²) in [6, 6.07) is 15.2. The Morgan fingerprint density at radius 3 is 1.84 bits per heavy atom. The maximum absolute atomic E-state index is 13.0. The standard InChI is InChI=1S/C26H36FN3O2/c1-2-3-4-5-6-10-19-30(20-17-25(31)28-23-11-8-7-9-12-23)21-18-26(32)29-24-15-13-22(27)14-16-24/h7-9,11-16H,2-6,10,17-21H2,1H3,(H,28,31)(H,29,32). The number of unbranched alkanes of at least 4 members (excludes halogenated alkanes) is 5. The minimum absolute atomic E-state index is 0.0279. The number of para-hydroxylation sites is 1. The van der Waals surface area contributed by atoms with Crippen LogP contribution < -0.4 is 10.6 Å². The number of rotatable bonds is 15. The van der Waals surface area contributed by atoms with Crippen molar-refractivity contribution in [3.05, 3.63) is 60.4 Å². The van der Waals surface area contributed by atoms with Gasteiger partial charge in [0.25, 0.3) is 0 Å². The molecule has 2 rings (SSSR count). The lowest BCUT2D eigenvalue weighted by atomic mass is 10.1. The van der Waals surface area contributed by atoms with E-state index in [4.69, 9.17) is 0 Å². The molecule has 174 valence electrons. The Labute approximate surface area is 191 Å². The molecule has 0 saturated carbocycles. The molecule has 0 saturated heterocycles. The number of benzene rings is 2. The van der Waals surface area contributed by atoms with E-state index in [-0.39, 0.29) is 17.6 Å². The topological polar surface area (TPSA) is 61.4 Å². The van der Waals surface area contributed by atoms with Gasteiger partial charge >= 0.3 is 0 Å². The fourth-order valence-corrected chi connectivity index (χ4v) is 3.47. The van der Waals surface area contributed by atoms with Crippen LogP contribution in [-0.4, -0.2) is 36.3 Å². The van der Waals surface area contributed by atoms with Gasteiger partial charge in [-0.2, -0.15) is 0 Å². The molecule has 0 aliphatic rings. The predicted molar refractivity (Wildman–Crippen MR) is 129 cm³/mol. The molecule has 0 heterocycles. The van der Waals surface area contributed by atoms with Crippen LogP contribution in [0, 0.1) is 5.82 Å². The molecule has 2 amide bonds. The summed E-state index contributed by atoms with van der Waals surface area (Å²) in [5.74, 6) is -0.472. The quantitative estimate of drug-likeness (QED) is 0.341. The van der Waals surface area contributed by atoms with Crippen molar-refractivity contribution >= 4 is 23.2 Å². The van der Waals surface area contributed by atoms with Crippen LogP contribution in [0.3, 0.4) is 0 Å². The highest BCUT2D eigenvalue weighted by molar-refractivity contribution is 5.91. The molecule has 2 aromatic carbocycles. The van der Waals surface area contributed by atoms with Gasteiger partial charge in [-0.15, -0.1) is 0 Å². The minimum Gasteiger partial charge on any atom is -0.326 e. The van der Waals surface area contributed by atoms with E-state index in [0.29, 0.717) is 31.6 Å². The Bertz CT molecular complexity index is 796. The maximum Gasteiger partial charge on any atom is 0.225 e. The highest BCUT2D eigenvalue weighted by Gasteiger charge is 2.11. The molecule has 32 heavy (non-hydrogen) atoms. The van der Waals surface area contributed by atoms with E-state index in [1.807, 2.05) is 30.3 Å². The summed E-state index contributed by atoms with van der Waals surface area (Å²) >= 11 is 0. The maximum atomic E-state index is 13.0. The summed E-state index contributed by atoms with van der Waals surface area (Å²) in [6.07, 6.45) is 7.91. The molecular formula is C26H36FN3O2. The molecule has 0 bridgehead atoms. The first kappa shape index (κ1) is 25.5. The van der Waals surface area contributed by atoms with E-state index in [1.165, 1.54) is 37.8 Å².